The summed E-state index contributed by atoms with van der Waals surface area (Å²) >= 11 is 0. The van der Waals surface area contributed by atoms with Crippen molar-refractivity contribution in [3.8, 4) is 0 Å². The average molecular weight is 430 g/mol. The molecule has 0 bridgehead atoms. The van der Waals surface area contributed by atoms with E-state index in [4.69, 9.17) is 0 Å². The Morgan fingerprint density at radius 1 is 0.781 bits per heavy atom. The second-order valence-electron chi connectivity index (χ2n) is 8.34. The molecule has 2 heterocycles. The molecule has 1 aliphatic rings. The number of hydrazine groups is 1. The highest BCUT2D eigenvalue weighted by Gasteiger charge is 2.40. The molecule has 0 saturated carbocycles. The van der Waals surface area contributed by atoms with Gasteiger partial charge in [0, 0.05) is 42.3 Å². The van der Waals surface area contributed by atoms with E-state index in [0.717, 1.165) is 48.7 Å². The van der Waals surface area contributed by atoms with E-state index in [0.29, 0.717) is 13.1 Å². The summed E-state index contributed by atoms with van der Waals surface area (Å²) in [5, 5.41) is 4.34. The lowest BCUT2D eigenvalue weighted by Gasteiger charge is -2.27. The van der Waals surface area contributed by atoms with Gasteiger partial charge >= 0.3 is 0 Å². The normalized spacial score (nSPS) is 14.1. The second kappa shape index (κ2) is 9.86. The lowest BCUT2D eigenvalue weighted by atomic mass is 10.1. The quantitative estimate of drug-likeness (QED) is 0.344. The molecule has 1 saturated heterocycles. The van der Waals surface area contributed by atoms with E-state index in [9.17, 15) is 9.59 Å². The number of unbranched alkanes of at least 4 members (excludes halogenated alkanes) is 2. The third-order valence-corrected chi connectivity index (χ3v) is 5.98. The number of fused-ring (bicyclic) bond motifs is 1. The number of hydrogen-bond acceptors (Lipinski definition) is 2. The molecule has 1 fully saturated rings. The van der Waals surface area contributed by atoms with Crippen molar-refractivity contribution in [1.29, 1.82) is 0 Å². The Kier molecular flexibility index (Phi) is 6.74. The van der Waals surface area contributed by atoms with Gasteiger partial charge in [-0.15, -0.1) is 0 Å². The summed E-state index contributed by atoms with van der Waals surface area (Å²) in [6.45, 7) is 6.08. The van der Waals surface area contributed by atoms with E-state index < -0.39 is 0 Å². The van der Waals surface area contributed by atoms with Crippen LogP contribution in [0.3, 0.4) is 0 Å². The summed E-state index contributed by atoms with van der Waals surface area (Å²) in [5.41, 5.74) is 3.46. The van der Waals surface area contributed by atoms with Crippen LogP contribution in [0.25, 0.3) is 17.0 Å². The van der Waals surface area contributed by atoms with E-state index >= 15 is 0 Å². The summed E-state index contributed by atoms with van der Waals surface area (Å²) < 4.78 is 2.19. The average Bonchev–Trinajstić information content (AvgIpc) is 3.27. The van der Waals surface area contributed by atoms with Crippen molar-refractivity contribution < 1.29 is 9.59 Å². The van der Waals surface area contributed by atoms with Gasteiger partial charge in [0.1, 0.15) is 5.57 Å². The standard InChI is InChI=1S/C27H31N3O2/c1-3-5-16-29-26(31)24(27(32)30(29)17-6-4-2)18-22-20-28(19-21-12-8-7-9-13-21)25-15-11-10-14-23(22)25/h7-15,18,20H,3-6,16-17,19H2,1-2H3. The molecule has 0 unspecified atom stereocenters. The minimum absolute atomic E-state index is 0.181. The number of benzene rings is 2. The first-order chi connectivity index (χ1) is 15.6. The molecule has 4 rings (SSSR count). The summed E-state index contributed by atoms with van der Waals surface area (Å²) in [6.07, 6.45) is 7.56. The smallest absolute Gasteiger partial charge is 0.278 e. The zero-order valence-corrected chi connectivity index (χ0v) is 19.0. The molecule has 0 atom stereocenters. The molecule has 5 nitrogen and oxygen atoms in total. The second-order valence-corrected chi connectivity index (χ2v) is 8.34. The number of carbonyl (C=O) groups is 2. The molecule has 1 aromatic heterocycles. The number of hydrogen-bond donors (Lipinski definition) is 0. The molecular weight excluding hydrogens is 398 g/mol. The zero-order valence-electron chi connectivity index (χ0n) is 19.0. The summed E-state index contributed by atoms with van der Waals surface area (Å²) in [6, 6.07) is 18.4. The first-order valence-corrected chi connectivity index (χ1v) is 11.6. The van der Waals surface area contributed by atoms with Gasteiger partial charge in [-0.2, -0.15) is 0 Å². The molecule has 32 heavy (non-hydrogen) atoms. The third kappa shape index (κ3) is 4.33. The molecule has 2 aromatic carbocycles. The van der Waals surface area contributed by atoms with Crippen LogP contribution >= 0.6 is 0 Å². The molecule has 2 amide bonds. The van der Waals surface area contributed by atoms with Gasteiger partial charge in [0.15, 0.2) is 0 Å². The topological polar surface area (TPSA) is 45.6 Å². The maximum atomic E-state index is 13.2. The van der Waals surface area contributed by atoms with Crippen molar-refractivity contribution in [1.82, 2.24) is 14.6 Å². The van der Waals surface area contributed by atoms with E-state index in [-0.39, 0.29) is 17.4 Å². The van der Waals surface area contributed by atoms with Crippen molar-refractivity contribution in [2.75, 3.05) is 13.1 Å². The molecule has 0 radical (unpaired) electrons. The molecular formula is C27H31N3O2. The lowest BCUT2D eigenvalue weighted by molar-refractivity contribution is -0.147. The number of aromatic nitrogens is 1. The van der Waals surface area contributed by atoms with Gasteiger partial charge in [0.2, 0.25) is 0 Å². The molecule has 0 aliphatic carbocycles. The van der Waals surface area contributed by atoms with Crippen LogP contribution in [0.15, 0.2) is 66.4 Å². The first kappa shape index (κ1) is 21.9. The van der Waals surface area contributed by atoms with Gasteiger partial charge in [0.25, 0.3) is 11.8 Å². The third-order valence-electron chi connectivity index (χ3n) is 5.98. The summed E-state index contributed by atoms with van der Waals surface area (Å²) in [7, 11) is 0. The fourth-order valence-corrected chi connectivity index (χ4v) is 4.23. The van der Waals surface area contributed by atoms with Crippen LogP contribution < -0.4 is 0 Å². The van der Waals surface area contributed by atoms with E-state index in [1.807, 2.05) is 30.3 Å². The van der Waals surface area contributed by atoms with Crippen molar-refractivity contribution in [3.63, 3.8) is 0 Å². The SMILES string of the molecule is CCCCN1C(=O)C(=Cc2cn(Cc3ccccc3)c3ccccc23)C(=O)N1CCCC. The van der Waals surface area contributed by atoms with Crippen LogP contribution in [-0.2, 0) is 16.1 Å². The molecule has 1 aliphatic heterocycles. The zero-order chi connectivity index (χ0) is 22.5. The van der Waals surface area contributed by atoms with Crippen molar-refractivity contribution in [2.24, 2.45) is 0 Å². The predicted octanol–water partition coefficient (Wildman–Crippen LogP) is 5.26. The number of rotatable bonds is 9. The Bertz CT molecular complexity index is 1100. The molecule has 0 N–H and O–H groups in total. The summed E-state index contributed by atoms with van der Waals surface area (Å²) in [5.74, 6) is -0.362. The van der Waals surface area contributed by atoms with E-state index in [1.165, 1.54) is 5.56 Å². The van der Waals surface area contributed by atoms with Gasteiger partial charge in [-0.05, 0) is 30.5 Å². The lowest BCUT2D eigenvalue weighted by Crippen LogP contribution is -2.42. The number of amides is 2. The Hall–Kier alpha value is -3.34. The van der Waals surface area contributed by atoms with Crippen LogP contribution in [-0.4, -0.2) is 39.5 Å². The Morgan fingerprint density at radius 2 is 1.38 bits per heavy atom. The summed E-state index contributed by atoms with van der Waals surface area (Å²) in [4.78, 5) is 26.4. The van der Waals surface area contributed by atoms with E-state index in [2.05, 4.69) is 48.9 Å². The van der Waals surface area contributed by atoms with Crippen LogP contribution in [0.5, 0.6) is 0 Å². The van der Waals surface area contributed by atoms with Crippen LogP contribution in [0.2, 0.25) is 0 Å². The predicted molar refractivity (Wildman–Crippen MR) is 129 cm³/mol. The molecule has 5 heteroatoms. The van der Waals surface area contributed by atoms with Crippen LogP contribution in [0.4, 0.5) is 0 Å². The highest BCUT2D eigenvalue weighted by molar-refractivity contribution is 6.25. The monoisotopic (exact) mass is 429 g/mol. The molecule has 3 aromatic rings. The minimum Gasteiger partial charge on any atom is -0.342 e. The van der Waals surface area contributed by atoms with Gasteiger partial charge in [-0.1, -0.05) is 75.2 Å². The number of para-hydroxylation sites is 1. The number of carbonyl (C=O) groups excluding carboxylic acids is 2. The van der Waals surface area contributed by atoms with Crippen molar-refractivity contribution >= 4 is 28.8 Å². The maximum absolute atomic E-state index is 13.2. The van der Waals surface area contributed by atoms with Crippen molar-refractivity contribution in [2.45, 2.75) is 46.1 Å². The van der Waals surface area contributed by atoms with Gasteiger partial charge in [0.05, 0.1) is 0 Å². The minimum atomic E-state index is -0.181. The Morgan fingerprint density at radius 3 is 2.00 bits per heavy atom. The van der Waals surface area contributed by atoms with Gasteiger partial charge in [-0.25, -0.2) is 10.0 Å². The largest absolute Gasteiger partial charge is 0.342 e. The fourth-order valence-electron chi connectivity index (χ4n) is 4.23. The molecule has 166 valence electrons. The van der Waals surface area contributed by atoms with Gasteiger partial charge < -0.3 is 4.57 Å². The Balaban J connectivity index is 1.71. The maximum Gasteiger partial charge on any atom is 0.278 e. The van der Waals surface area contributed by atoms with Crippen LogP contribution in [0, 0.1) is 0 Å². The number of nitrogens with zero attached hydrogens (tertiary/aromatic N) is 3. The van der Waals surface area contributed by atoms with Crippen LogP contribution in [0.1, 0.15) is 50.7 Å². The first-order valence-electron chi connectivity index (χ1n) is 11.6. The van der Waals surface area contributed by atoms with Crippen molar-refractivity contribution in [3.05, 3.63) is 77.5 Å². The highest BCUT2D eigenvalue weighted by Crippen LogP contribution is 2.28. The van der Waals surface area contributed by atoms with Gasteiger partial charge in [-0.3, -0.25) is 9.59 Å². The fraction of sp³-hybridized carbons (Fsp3) is 0.333. The Labute approximate surface area is 189 Å². The van der Waals surface area contributed by atoms with E-state index in [1.54, 1.807) is 16.1 Å². The molecule has 0 spiro atoms. The highest BCUT2D eigenvalue weighted by atomic mass is 16.2.